The molecule has 6 heteroatoms. The zero-order chi connectivity index (χ0) is 15.6. The Balaban J connectivity index is 2.38. The zero-order valence-corrected chi connectivity index (χ0v) is 12.7. The van der Waals surface area contributed by atoms with Gasteiger partial charge in [0.25, 0.3) is 0 Å². The van der Waals surface area contributed by atoms with Crippen molar-refractivity contribution in [1.82, 2.24) is 5.06 Å². The summed E-state index contributed by atoms with van der Waals surface area (Å²) in [5.74, 6) is -0.467. The maximum absolute atomic E-state index is 11.9. The van der Waals surface area contributed by atoms with E-state index in [1.165, 1.54) is 25.4 Å². The summed E-state index contributed by atoms with van der Waals surface area (Å²) in [7, 11) is 1.40. The van der Waals surface area contributed by atoms with Crippen LogP contribution in [0.5, 0.6) is 0 Å². The number of aliphatic hydroxyl groups is 1. The third-order valence-electron chi connectivity index (χ3n) is 2.98. The summed E-state index contributed by atoms with van der Waals surface area (Å²) in [4.78, 5) is 11.9. The van der Waals surface area contributed by atoms with Crippen LogP contribution in [0.3, 0.4) is 0 Å². The number of rotatable bonds is 3. The highest BCUT2D eigenvalue weighted by Crippen LogP contribution is 2.28. The molecule has 4 nitrogen and oxygen atoms in total. The van der Waals surface area contributed by atoms with E-state index in [0.717, 1.165) is 5.06 Å². The molecule has 0 saturated heterocycles. The van der Waals surface area contributed by atoms with Crippen molar-refractivity contribution in [2.45, 2.75) is 6.42 Å². The van der Waals surface area contributed by atoms with Crippen LogP contribution in [0.15, 0.2) is 53.5 Å². The SMILES string of the molecule is CN(O)C=C1C=CC(=O)C(Cc2ccc(Cl)cc2Cl)=C1O. The second-order valence-electron chi connectivity index (χ2n) is 4.60. The molecule has 21 heavy (non-hydrogen) atoms. The van der Waals surface area contributed by atoms with Crippen molar-refractivity contribution in [2.75, 3.05) is 7.05 Å². The fraction of sp³-hybridized carbons (Fsp3) is 0.133. The summed E-state index contributed by atoms with van der Waals surface area (Å²) in [5, 5.41) is 21.1. The van der Waals surface area contributed by atoms with Crippen LogP contribution in [-0.2, 0) is 11.2 Å². The largest absolute Gasteiger partial charge is 0.507 e. The molecular weight excluding hydrogens is 313 g/mol. The Morgan fingerprint density at radius 3 is 2.62 bits per heavy atom. The number of benzene rings is 1. The van der Waals surface area contributed by atoms with Gasteiger partial charge in [-0.2, -0.15) is 0 Å². The van der Waals surface area contributed by atoms with Gasteiger partial charge in [0.2, 0.25) is 0 Å². The second kappa shape index (κ2) is 6.35. The number of allylic oxidation sites excluding steroid dienone is 3. The third-order valence-corrected chi connectivity index (χ3v) is 3.57. The van der Waals surface area contributed by atoms with Crippen molar-refractivity contribution in [1.29, 1.82) is 0 Å². The minimum Gasteiger partial charge on any atom is -0.507 e. The van der Waals surface area contributed by atoms with Gasteiger partial charge in [0, 0.05) is 40.9 Å². The Kier molecular flexibility index (Phi) is 4.73. The Bertz CT molecular complexity index is 675. The van der Waals surface area contributed by atoms with Crippen LogP contribution in [-0.4, -0.2) is 28.2 Å². The van der Waals surface area contributed by atoms with Crippen LogP contribution < -0.4 is 0 Å². The van der Waals surface area contributed by atoms with E-state index < -0.39 is 0 Å². The number of halogens is 2. The number of nitrogens with zero attached hydrogens (tertiary/aromatic N) is 1. The van der Waals surface area contributed by atoms with E-state index in [-0.39, 0.29) is 23.5 Å². The molecule has 1 aromatic rings. The van der Waals surface area contributed by atoms with Crippen LogP contribution in [0.2, 0.25) is 10.0 Å². The maximum atomic E-state index is 11.9. The molecule has 0 aromatic heterocycles. The molecule has 0 radical (unpaired) electrons. The van der Waals surface area contributed by atoms with Crippen molar-refractivity contribution in [3.8, 4) is 0 Å². The minimum atomic E-state index is -0.295. The Morgan fingerprint density at radius 2 is 2.00 bits per heavy atom. The molecule has 0 saturated carbocycles. The molecule has 0 bridgehead atoms. The standard InChI is InChI=1S/C15H13Cl2NO3/c1-18(21)8-10-3-5-14(19)12(15(10)20)6-9-2-4-11(16)7-13(9)17/h2-5,7-8,20-21H,6H2,1H3. The highest BCUT2D eigenvalue weighted by Gasteiger charge is 2.21. The smallest absolute Gasteiger partial charge is 0.185 e. The lowest BCUT2D eigenvalue weighted by atomic mass is 9.93. The Labute approximate surface area is 132 Å². The quantitative estimate of drug-likeness (QED) is 0.832. The molecule has 1 aromatic carbocycles. The average Bonchev–Trinajstić information content (AvgIpc) is 2.40. The molecule has 0 aliphatic heterocycles. The summed E-state index contributed by atoms with van der Waals surface area (Å²) in [5.41, 5.74) is 1.25. The summed E-state index contributed by atoms with van der Waals surface area (Å²) in [6, 6.07) is 4.96. The first kappa shape index (κ1) is 15.6. The number of hydroxylamine groups is 2. The molecule has 0 spiro atoms. The van der Waals surface area contributed by atoms with E-state index >= 15 is 0 Å². The fourth-order valence-electron chi connectivity index (χ4n) is 1.97. The van der Waals surface area contributed by atoms with E-state index in [0.29, 0.717) is 21.2 Å². The minimum absolute atomic E-state index is 0.172. The van der Waals surface area contributed by atoms with Gasteiger partial charge in [0.15, 0.2) is 5.78 Å². The van der Waals surface area contributed by atoms with E-state index in [2.05, 4.69) is 0 Å². The number of hydrogen-bond donors (Lipinski definition) is 2. The Morgan fingerprint density at radius 1 is 1.29 bits per heavy atom. The van der Waals surface area contributed by atoms with Crippen LogP contribution >= 0.6 is 23.2 Å². The van der Waals surface area contributed by atoms with Gasteiger partial charge in [0.1, 0.15) is 5.76 Å². The summed E-state index contributed by atoms with van der Waals surface area (Å²) >= 11 is 11.9. The van der Waals surface area contributed by atoms with Gasteiger partial charge in [-0.1, -0.05) is 29.3 Å². The molecular formula is C15H13Cl2NO3. The molecule has 110 valence electrons. The Hall–Kier alpha value is -1.75. The molecule has 2 N–H and O–H groups in total. The monoisotopic (exact) mass is 325 g/mol. The number of hydrogen-bond acceptors (Lipinski definition) is 4. The number of carbonyl (C=O) groups is 1. The number of aliphatic hydroxyl groups excluding tert-OH is 1. The summed E-state index contributed by atoms with van der Waals surface area (Å²) < 4.78 is 0. The predicted molar refractivity (Wildman–Crippen MR) is 81.6 cm³/mol. The molecule has 1 aliphatic rings. The van der Waals surface area contributed by atoms with E-state index in [4.69, 9.17) is 23.2 Å². The van der Waals surface area contributed by atoms with Crippen LogP contribution in [0.25, 0.3) is 0 Å². The molecule has 0 atom stereocenters. The third kappa shape index (κ3) is 3.67. The van der Waals surface area contributed by atoms with E-state index in [1.807, 2.05) is 0 Å². The normalized spacial score (nSPS) is 16.8. The number of ketones is 1. The number of carbonyl (C=O) groups excluding carboxylic acids is 1. The molecule has 2 rings (SSSR count). The highest BCUT2D eigenvalue weighted by molar-refractivity contribution is 6.35. The van der Waals surface area contributed by atoms with Crippen molar-refractivity contribution >= 4 is 29.0 Å². The van der Waals surface area contributed by atoms with Crippen molar-refractivity contribution in [3.05, 3.63) is 69.1 Å². The zero-order valence-electron chi connectivity index (χ0n) is 11.2. The first-order chi connectivity index (χ1) is 9.88. The first-order valence-corrected chi connectivity index (χ1v) is 6.86. The lowest BCUT2D eigenvalue weighted by molar-refractivity contribution is -0.111. The summed E-state index contributed by atoms with van der Waals surface area (Å²) in [6.45, 7) is 0. The van der Waals surface area contributed by atoms with Gasteiger partial charge >= 0.3 is 0 Å². The average molecular weight is 326 g/mol. The van der Waals surface area contributed by atoms with Crippen LogP contribution in [0.4, 0.5) is 0 Å². The molecule has 0 unspecified atom stereocenters. The molecule has 0 fully saturated rings. The van der Waals surface area contributed by atoms with Gasteiger partial charge < -0.3 is 5.11 Å². The van der Waals surface area contributed by atoms with E-state index in [1.54, 1.807) is 18.2 Å². The topological polar surface area (TPSA) is 60.8 Å². The molecule has 0 heterocycles. The maximum Gasteiger partial charge on any atom is 0.185 e. The van der Waals surface area contributed by atoms with Crippen molar-refractivity contribution in [2.24, 2.45) is 0 Å². The van der Waals surface area contributed by atoms with Crippen LogP contribution in [0.1, 0.15) is 5.56 Å². The van der Waals surface area contributed by atoms with Crippen molar-refractivity contribution < 1.29 is 15.1 Å². The predicted octanol–water partition coefficient (Wildman–Crippen LogP) is 3.69. The van der Waals surface area contributed by atoms with Crippen LogP contribution in [0, 0.1) is 0 Å². The van der Waals surface area contributed by atoms with E-state index in [9.17, 15) is 15.1 Å². The van der Waals surface area contributed by atoms with Gasteiger partial charge in [-0.3, -0.25) is 15.1 Å². The lowest BCUT2D eigenvalue weighted by Crippen LogP contribution is -2.13. The van der Waals surface area contributed by atoms with Crippen molar-refractivity contribution in [3.63, 3.8) is 0 Å². The summed E-state index contributed by atoms with van der Waals surface area (Å²) in [6.07, 6.45) is 4.27. The van der Waals surface area contributed by atoms with Gasteiger partial charge in [-0.05, 0) is 29.8 Å². The highest BCUT2D eigenvalue weighted by atomic mass is 35.5. The van der Waals surface area contributed by atoms with Gasteiger partial charge in [-0.25, -0.2) is 0 Å². The molecule has 1 aliphatic carbocycles. The lowest BCUT2D eigenvalue weighted by Gasteiger charge is -2.15. The fourth-order valence-corrected chi connectivity index (χ4v) is 2.44. The second-order valence-corrected chi connectivity index (χ2v) is 5.44. The van der Waals surface area contributed by atoms with Gasteiger partial charge in [-0.15, -0.1) is 0 Å². The van der Waals surface area contributed by atoms with Gasteiger partial charge in [0.05, 0.1) is 0 Å². The molecule has 0 amide bonds. The first-order valence-electron chi connectivity index (χ1n) is 6.11.